The van der Waals surface area contributed by atoms with E-state index in [9.17, 15) is 4.79 Å². The fourth-order valence-corrected chi connectivity index (χ4v) is 3.32. The van der Waals surface area contributed by atoms with Gasteiger partial charge in [-0.1, -0.05) is 25.1 Å². The molecule has 0 saturated carbocycles. The molecule has 0 N–H and O–H groups in total. The molecule has 1 aliphatic heterocycles. The molecule has 1 fully saturated rings. The van der Waals surface area contributed by atoms with E-state index in [1.54, 1.807) is 0 Å². The molecule has 23 heavy (non-hydrogen) atoms. The van der Waals surface area contributed by atoms with Crippen molar-refractivity contribution in [2.75, 3.05) is 20.2 Å². The average Bonchev–Trinajstić information content (AvgIpc) is 3.11. The second kappa shape index (κ2) is 6.96. The van der Waals surface area contributed by atoms with E-state index in [0.29, 0.717) is 17.5 Å². The summed E-state index contributed by atoms with van der Waals surface area (Å²) in [5.41, 5.74) is 1.69. The zero-order valence-corrected chi connectivity index (χ0v) is 13.7. The monoisotopic (exact) mass is 313 g/mol. The molecule has 2 aromatic rings. The summed E-state index contributed by atoms with van der Waals surface area (Å²) in [6, 6.07) is 8.12. The number of hydrogen-bond donors (Lipinski definition) is 0. The fourth-order valence-electron chi connectivity index (χ4n) is 3.32. The van der Waals surface area contributed by atoms with Gasteiger partial charge in [0, 0.05) is 31.5 Å². The SMILES string of the molecule is COC(=O)c1ccccc1CN1CC[C@H](C)[C@@H](n2ccnc2)C1. The van der Waals surface area contributed by atoms with Gasteiger partial charge in [0.15, 0.2) is 0 Å². The van der Waals surface area contributed by atoms with Crippen molar-refractivity contribution in [3.05, 3.63) is 54.1 Å². The number of nitrogens with zero attached hydrogens (tertiary/aromatic N) is 3. The Kier molecular flexibility index (Phi) is 4.76. The molecule has 1 aromatic heterocycles. The largest absolute Gasteiger partial charge is 0.465 e. The molecule has 122 valence electrons. The van der Waals surface area contributed by atoms with Gasteiger partial charge in [0.05, 0.1) is 19.0 Å². The number of rotatable bonds is 4. The summed E-state index contributed by atoms with van der Waals surface area (Å²) in [4.78, 5) is 18.5. The summed E-state index contributed by atoms with van der Waals surface area (Å²) in [5, 5.41) is 0. The lowest BCUT2D eigenvalue weighted by atomic mass is 9.92. The van der Waals surface area contributed by atoms with Crippen LogP contribution in [0.1, 0.15) is 35.3 Å². The van der Waals surface area contributed by atoms with Crippen LogP contribution in [-0.2, 0) is 11.3 Å². The Bertz CT molecular complexity index is 654. The molecule has 0 aliphatic carbocycles. The lowest BCUT2D eigenvalue weighted by Gasteiger charge is -2.37. The molecular formula is C18H23N3O2. The smallest absolute Gasteiger partial charge is 0.338 e. The number of ether oxygens (including phenoxy) is 1. The molecule has 0 radical (unpaired) electrons. The minimum Gasteiger partial charge on any atom is -0.465 e. The highest BCUT2D eigenvalue weighted by molar-refractivity contribution is 5.90. The third-order valence-corrected chi connectivity index (χ3v) is 4.73. The molecule has 5 nitrogen and oxygen atoms in total. The number of imidazole rings is 1. The summed E-state index contributed by atoms with van der Waals surface area (Å²) < 4.78 is 7.09. The summed E-state index contributed by atoms with van der Waals surface area (Å²) in [7, 11) is 1.43. The number of carbonyl (C=O) groups is 1. The Morgan fingerprint density at radius 1 is 1.39 bits per heavy atom. The molecule has 0 amide bonds. The maximum atomic E-state index is 11.9. The molecule has 1 aromatic carbocycles. The number of likely N-dealkylation sites (tertiary alicyclic amines) is 1. The van der Waals surface area contributed by atoms with Crippen molar-refractivity contribution in [1.29, 1.82) is 0 Å². The molecule has 0 bridgehead atoms. The molecule has 5 heteroatoms. The van der Waals surface area contributed by atoms with E-state index in [2.05, 4.69) is 21.4 Å². The number of aromatic nitrogens is 2. The zero-order valence-electron chi connectivity index (χ0n) is 13.7. The highest BCUT2D eigenvalue weighted by atomic mass is 16.5. The average molecular weight is 313 g/mol. The Morgan fingerprint density at radius 2 is 2.22 bits per heavy atom. The number of benzene rings is 1. The van der Waals surface area contributed by atoms with Crippen molar-refractivity contribution in [1.82, 2.24) is 14.5 Å². The topological polar surface area (TPSA) is 47.4 Å². The van der Waals surface area contributed by atoms with Gasteiger partial charge in [0.1, 0.15) is 0 Å². The Labute approximate surface area is 136 Å². The third kappa shape index (κ3) is 3.45. The predicted molar refractivity (Wildman–Crippen MR) is 88.1 cm³/mol. The lowest BCUT2D eigenvalue weighted by molar-refractivity contribution is 0.0596. The minimum atomic E-state index is -0.267. The maximum Gasteiger partial charge on any atom is 0.338 e. The lowest BCUT2D eigenvalue weighted by Crippen LogP contribution is -2.40. The van der Waals surface area contributed by atoms with Crippen LogP contribution in [0.4, 0.5) is 0 Å². The molecular weight excluding hydrogens is 290 g/mol. The highest BCUT2D eigenvalue weighted by Crippen LogP contribution is 2.28. The second-order valence-corrected chi connectivity index (χ2v) is 6.23. The van der Waals surface area contributed by atoms with Crippen LogP contribution in [0.5, 0.6) is 0 Å². The number of piperidine rings is 1. The number of carbonyl (C=O) groups excluding carboxylic acids is 1. The molecule has 0 spiro atoms. The van der Waals surface area contributed by atoms with Gasteiger partial charge in [-0.05, 0) is 30.5 Å². The van der Waals surface area contributed by atoms with Crippen molar-refractivity contribution < 1.29 is 9.53 Å². The first kappa shape index (κ1) is 15.7. The standard InChI is InChI=1S/C18H23N3O2/c1-14-7-9-20(12-17(14)21-10-8-19-13-21)11-15-5-3-4-6-16(15)18(22)23-2/h3-6,8,10,13-14,17H,7,9,11-12H2,1-2H3/t14-,17-/m0/s1. The molecule has 2 atom stereocenters. The first-order valence-corrected chi connectivity index (χ1v) is 8.05. The van der Waals surface area contributed by atoms with E-state index in [-0.39, 0.29) is 5.97 Å². The number of esters is 1. The number of hydrogen-bond acceptors (Lipinski definition) is 4. The van der Waals surface area contributed by atoms with Gasteiger partial charge in [-0.2, -0.15) is 0 Å². The van der Waals surface area contributed by atoms with Gasteiger partial charge in [-0.25, -0.2) is 9.78 Å². The summed E-state index contributed by atoms with van der Waals surface area (Å²) in [6.07, 6.45) is 6.90. The van der Waals surface area contributed by atoms with Crippen molar-refractivity contribution in [3.8, 4) is 0 Å². The Morgan fingerprint density at radius 3 is 2.96 bits per heavy atom. The molecule has 0 unspecified atom stereocenters. The summed E-state index contributed by atoms with van der Waals surface area (Å²) >= 11 is 0. The Hall–Kier alpha value is -2.14. The van der Waals surface area contributed by atoms with E-state index >= 15 is 0 Å². The van der Waals surface area contributed by atoms with Crippen molar-refractivity contribution in [2.24, 2.45) is 5.92 Å². The first-order valence-electron chi connectivity index (χ1n) is 8.05. The van der Waals surface area contributed by atoms with Crippen molar-refractivity contribution >= 4 is 5.97 Å². The molecule has 1 saturated heterocycles. The van der Waals surface area contributed by atoms with Gasteiger partial charge in [-0.15, -0.1) is 0 Å². The van der Waals surface area contributed by atoms with E-state index in [1.165, 1.54) is 7.11 Å². The predicted octanol–water partition coefficient (Wildman–Crippen LogP) is 2.75. The maximum absolute atomic E-state index is 11.9. The van der Waals surface area contributed by atoms with Gasteiger partial charge in [-0.3, -0.25) is 4.90 Å². The normalized spacial score (nSPS) is 22.0. The highest BCUT2D eigenvalue weighted by Gasteiger charge is 2.27. The van der Waals surface area contributed by atoms with Crippen LogP contribution in [0, 0.1) is 5.92 Å². The molecule has 1 aliphatic rings. The Balaban J connectivity index is 1.75. The third-order valence-electron chi connectivity index (χ3n) is 4.73. The second-order valence-electron chi connectivity index (χ2n) is 6.23. The van der Waals surface area contributed by atoms with E-state index in [0.717, 1.165) is 31.6 Å². The van der Waals surface area contributed by atoms with E-state index in [4.69, 9.17) is 4.74 Å². The van der Waals surface area contributed by atoms with Gasteiger partial charge < -0.3 is 9.30 Å². The fraction of sp³-hybridized carbons (Fsp3) is 0.444. The van der Waals surface area contributed by atoms with Gasteiger partial charge in [0.25, 0.3) is 0 Å². The molecule has 3 rings (SSSR count). The minimum absolute atomic E-state index is 0.267. The zero-order chi connectivity index (χ0) is 16.2. The van der Waals surface area contributed by atoms with Crippen molar-refractivity contribution in [2.45, 2.75) is 25.9 Å². The van der Waals surface area contributed by atoms with Crippen LogP contribution in [0.15, 0.2) is 43.0 Å². The van der Waals surface area contributed by atoms with Gasteiger partial charge in [0.2, 0.25) is 0 Å². The van der Waals surface area contributed by atoms with Crippen LogP contribution in [0.25, 0.3) is 0 Å². The van der Waals surface area contributed by atoms with Crippen LogP contribution in [0.2, 0.25) is 0 Å². The van der Waals surface area contributed by atoms with Crippen molar-refractivity contribution in [3.63, 3.8) is 0 Å². The quantitative estimate of drug-likeness (QED) is 0.814. The summed E-state index contributed by atoms with van der Waals surface area (Å²) in [5.74, 6) is 0.355. The first-order chi connectivity index (χ1) is 11.2. The van der Waals surface area contributed by atoms with Gasteiger partial charge >= 0.3 is 5.97 Å². The van der Waals surface area contributed by atoms with Crippen LogP contribution >= 0.6 is 0 Å². The van der Waals surface area contributed by atoms with Crippen LogP contribution < -0.4 is 0 Å². The van der Waals surface area contributed by atoms with E-state index in [1.807, 2.05) is 43.0 Å². The van der Waals surface area contributed by atoms with Crippen LogP contribution in [0.3, 0.4) is 0 Å². The van der Waals surface area contributed by atoms with E-state index < -0.39 is 0 Å². The van der Waals surface area contributed by atoms with Crippen LogP contribution in [-0.4, -0.2) is 40.6 Å². The number of methoxy groups -OCH3 is 1. The summed E-state index contributed by atoms with van der Waals surface area (Å²) in [6.45, 7) is 5.07. The molecule has 2 heterocycles.